The fourth-order valence-electron chi connectivity index (χ4n) is 2.45. The number of aliphatic hydroxyl groups is 3. The molecule has 0 spiro atoms. The lowest BCUT2D eigenvalue weighted by Crippen LogP contribution is -2.59. The summed E-state index contributed by atoms with van der Waals surface area (Å²) in [5, 5.41) is 31.0. The number of nitrogens with zero attached hydrogens (tertiary/aromatic N) is 3. The first-order valence-corrected chi connectivity index (χ1v) is 9.32. The number of hydrogen-bond acceptors (Lipinski definition) is 6. The van der Waals surface area contributed by atoms with Gasteiger partial charge in [0.2, 0.25) is 0 Å². The lowest BCUT2D eigenvalue weighted by molar-refractivity contribution is 0.0195. The smallest absolute Gasteiger partial charge is 0.336 e. The predicted molar refractivity (Wildman–Crippen MR) is 102 cm³/mol. The fraction of sp³-hybridized carbons (Fsp3) is 0.833. The summed E-state index contributed by atoms with van der Waals surface area (Å²) in [6.07, 6.45) is 0.867. The summed E-state index contributed by atoms with van der Waals surface area (Å²) in [6, 6.07) is 0. The third-order valence-corrected chi connectivity index (χ3v) is 5.17. The van der Waals surface area contributed by atoms with Crippen LogP contribution in [0, 0.1) is 0 Å². The molecule has 3 unspecified atom stereocenters. The van der Waals surface area contributed by atoms with Crippen LogP contribution in [0.15, 0.2) is 14.4 Å². The second-order valence-electron chi connectivity index (χ2n) is 8.16. The molecule has 0 aliphatic carbocycles. The van der Waals surface area contributed by atoms with Crippen molar-refractivity contribution in [2.45, 2.75) is 97.2 Å². The zero-order valence-electron chi connectivity index (χ0n) is 17.2. The minimum Gasteiger partial charge on any atom is -0.388 e. The highest BCUT2D eigenvalue weighted by atomic mass is 16.3. The van der Waals surface area contributed by atoms with Crippen molar-refractivity contribution in [1.29, 1.82) is 0 Å². The van der Waals surface area contributed by atoms with Crippen LogP contribution >= 0.6 is 0 Å². The van der Waals surface area contributed by atoms with Gasteiger partial charge >= 0.3 is 17.1 Å². The van der Waals surface area contributed by atoms with Crippen LogP contribution in [0.5, 0.6) is 0 Å². The SMILES string of the molecule is CCC(C)(O)Cn1c(=O)n(CC(C)(O)CC)c(=O)n(CC(C)(O)CC)c1=O. The first-order chi connectivity index (χ1) is 12.2. The molecule has 0 saturated carbocycles. The van der Waals surface area contributed by atoms with Gasteiger partial charge in [-0.1, -0.05) is 20.8 Å². The maximum absolute atomic E-state index is 12.8. The molecule has 1 heterocycles. The molecule has 27 heavy (non-hydrogen) atoms. The fourth-order valence-corrected chi connectivity index (χ4v) is 2.45. The molecule has 0 fully saturated rings. The van der Waals surface area contributed by atoms with E-state index in [0.717, 1.165) is 13.7 Å². The second-order valence-corrected chi connectivity index (χ2v) is 8.16. The molecule has 1 aromatic rings. The molecule has 3 atom stereocenters. The van der Waals surface area contributed by atoms with E-state index in [-0.39, 0.29) is 38.9 Å². The molecule has 9 nitrogen and oxygen atoms in total. The Morgan fingerprint density at radius 2 is 0.778 bits per heavy atom. The van der Waals surface area contributed by atoms with Crippen molar-refractivity contribution in [3.05, 3.63) is 31.5 Å². The van der Waals surface area contributed by atoms with E-state index in [9.17, 15) is 29.7 Å². The summed E-state index contributed by atoms with van der Waals surface area (Å²) in [5.74, 6) is 0. The summed E-state index contributed by atoms with van der Waals surface area (Å²) in [5.41, 5.74) is -6.66. The molecular weight excluding hydrogens is 354 g/mol. The first-order valence-electron chi connectivity index (χ1n) is 9.32. The zero-order valence-corrected chi connectivity index (χ0v) is 17.2. The van der Waals surface area contributed by atoms with E-state index in [4.69, 9.17) is 0 Å². The normalized spacial score (nSPS) is 18.6. The molecule has 0 aromatic carbocycles. The standard InChI is InChI=1S/C18H33N3O6/c1-7-16(4,25)10-19-13(22)20(11-17(5,26)8-2)15(24)21(14(19)23)12-18(6,27)9-3/h25-27H,7-12H2,1-6H3. The van der Waals surface area contributed by atoms with Crippen LogP contribution in [0.25, 0.3) is 0 Å². The summed E-state index contributed by atoms with van der Waals surface area (Å²) < 4.78 is 2.38. The van der Waals surface area contributed by atoms with Gasteiger partial charge in [0.05, 0.1) is 36.4 Å². The summed E-state index contributed by atoms with van der Waals surface area (Å²) in [7, 11) is 0. The Morgan fingerprint density at radius 1 is 0.593 bits per heavy atom. The van der Waals surface area contributed by atoms with E-state index in [2.05, 4.69) is 0 Å². The van der Waals surface area contributed by atoms with Crippen LogP contribution in [0.4, 0.5) is 0 Å². The van der Waals surface area contributed by atoms with Gasteiger partial charge in [-0.25, -0.2) is 28.1 Å². The minimum atomic E-state index is -1.33. The summed E-state index contributed by atoms with van der Waals surface area (Å²) >= 11 is 0. The van der Waals surface area contributed by atoms with Gasteiger partial charge in [0.25, 0.3) is 0 Å². The lowest BCUT2D eigenvalue weighted by atomic mass is 10.0. The predicted octanol–water partition coefficient (Wildman–Crippen LogP) is -0.345. The molecule has 156 valence electrons. The average Bonchev–Trinajstić information content (AvgIpc) is 2.59. The Bertz CT molecular complexity index is 689. The molecule has 3 N–H and O–H groups in total. The van der Waals surface area contributed by atoms with Gasteiger partial charge in [0.1, 0.15) is 0 Å². The summed E-state index contributed by atoms with van der Waals surface area (Å²) in [4.78, 5) is 38.4. The van der Waals surface area contributed by atoms with Crippen LogP contribution in [-0.2, 0) is 19.6 Å². The number of aromatic nitrogens is 3. The largest absolute Gasteiger partial charge is 0.388 e. The zero-order chi connectivity index (χ0) is 21.2. The Kier molecular flexibility index (Phi) is 7.01. The number of rotatable bonds is 9. The van der Waals surface area contributed by atoms with Crippen molar-refractivity contribution in [2.24, 2.45) is 0 Å². The Labute approximate surface area is 158 Å². The van der Waals surface area contributed by atoms with E-state index < -0.39 is 33.9 Å². The molecule has 0 amide bonds. The second kappa shape index (κ2) is 8.12. The van der Waals surface area contributed by atoms with Crippen LogP contribution < -0.4 is 17.1 Å². The van der Waals surface area contributed by atoms with E-state index in [1.807, 2.05) is 0 Å². The lowest BCUT2D eigenvalue weighted by Gasteiger charge is -2.27. The van der Waals surface area contributed by atoms with Gasteiger partial charge in [0.15, 0.2) is 0 Å². The molecule has 0 radical (unpaired) electrons. The van der Waals surface area contributed by atoms with Gasteiger partial charge in [-0.3, -0.25) is 0 Å². The van der Waals surface area contributed by atoms with Gasteiger partial charge in [0, 0.05) is 0 Å². The molecule has 1 aromatic heterocycles. The van der Waals surface area contributed by atoms with Crippen molar-refractivity contribution in [3.8, 4) is 0 Å². The molecule has 9 heteroatoms. The quantitative estimate of drug-likeness (QED) is 0.532. The first kappa shape index (κ1) is 23.3. The molecule has 0 aliphatic rings. The summed E-state index contributed by atoms with van der Waals surface area (Å²) in [6.45, 7) is 8.70. The van der Waals surface area contributed by atoms with Crippen LogP contribution in [0.1, 0.15) is 60.8 Å². The van der Waals surface area contributed by atoms with Crippen molar-refractivity contribution in [3.63, 3.8) is 0 Å². The van der Waals surface area contributed by atoms with Crippen molar-refractivity contribution in [2.75, 3.05) is 0 Å². The van der Waals surface area contributed by atoms with Gasteiger partial charge in [-0.05, 0) is 40.0 Å². The van der Waals surface area contributed by atoms with Crippen molar-refractivity contribution < 1.29 is 15.3 Å². The van der Waals surface area contributed by atoms with E-state index >= 15 is 0 Å². The topological polar surface area (TPSA) is 127 Å². The minimum absolute atomic E-state index is 0.289. The molecule has 0 saturated heterocycles. The van der Waals surface area contributed by atoms with Gasteiger partial charge < -0.3 is 15.3 Å². The molecule has 1 rings (SSSR count). The molecular formula is C18H33N3O6. The van der Waals surface area contributed by atoms with Gasteiger partial charge in [-0.2, -0.15) is 0 Å². The monoisotopic (exact) mass is 387 g/mol. The Hall–Kier alpha value is -1.71. The average molecular weight is 387 g/mol. The maximum atomic E-state index is 12.8. The third-order valence-electron chi connectivity index (χ3n) is 5.17. The van der Waals surface area contributed by atoms with Crippen molar-refractivity contribution in [1.82, 2.24) is 13.7 Å². The van der Waals surface area contributed by atoms with Crippen molar-refractivity contribution >= 4 is 0 Å². The third kappa shape index (κ3) is 5.63. The molecule has 0 aliphatic heterocycles. The van der Waals surface area contributed by atoms with Crippen LogP contribution in [0.3, 0.4) is 0 Å². The van der Waals surface area contributed by atoms with Gasteiger partial charge in [-0.15, -0.1) is 0 Å². The maximum Gasteiger partial charge on any atom is 0.336 e. The molecule has 0 bridgehead atoms. The van der Waals surface area contributed by atoms with E-state index in [1.54, 1.807) is 20.8 Å². The highest BCUT2D eigenvalue weighted by molar-refractivity contribution is 4.87. The van der Waals surface area contributed by atoms with Crippen LogP contribution in [-0.4, -0.2) is 45.8 Å². The van der Waals surface area contributed by atoms with E-state index in [1.165, 1.54) is 20.8 Å². The van der Waals surface area contributed by atoms with Crippen LogP contribution in [0.2, 0.25) is 0 Å². The van der Waals surface area contributed by atoms with E-state index in [0.29, 0.717) is 0 Å². The highest BCUT2D eigenvalue weighted by Gasteiger charge is 2.29. The number of hydrogen-bond donors (Lipinski definition) is 3. The highest BCUT2D eigenvalue weighted by Crippen LogP contribution is 2.12. The Morgan fingerprint density at radius 3 is 0.926 bits per heavy atom. The Balaban J connectivity index is 3.76.